The Morgan fingerprint density at radius 2 is 1.78 bits per heavy atom. The maximum atomic E-state index is 14.5. The molecule has 7 rings (SSSR count). The maximum Gasteiger partial charge on any atom is 0.412 e. The van der Waals surface area contributed by atoms with Gasteiger partial charge in [0, 0.05) is 50.6 Å². The van der Waals surface area contributed by atoms with Crippen molar-refractivity contribution in [2.75, 3.05) is 38.9 Å². The van der Waals surface area contributed by atoms with Gasteiger partial charge in [-0.1, -0.05) is 72.6 Å². The van der Waals surface area contributed by atoms with Crippen LogP contribution in [0.4, 0.5) is 14.0 Å². The molecule has 7 atom stereocenters. The number of nitrogens with one attached hydrogen (secondary N) is 1. The molecule has 2 fully saturated rings. The molecule has 2 heterocycles. The Kier molecular flexibility index (Phi) is 17.3. The van der Waals surface area contributed by atoms with Crippen LogP contribution in [0.5, 0.6) is 11.5 Å². The zero-order valence-electron chi connectivity index (χ0n) is 36.8. The second-order valence-electron chi connectivity index (χ2n) is 17.0. The second-order valence-corrected chi connectivity index (χ2v) is 17.3. The second kappa shape index (κ2) is 23.5. The molecule has 7 unspecified atom stereocenters. The van der Waals surface area contributed by atoms with Crippen LogP contribution in [0.15, 0.2) is 102 Å². The van der Waals surface area contributed by atoms with Crippen molar-refractivity contribution >= 4 is 29.5 Å². The van der Waals surface area contributed by atoms with Gasteiger partial charge in [0.25, 0.3) is 0 Å². The first-order chi connectivity index (χ1) is 31.8. The smallest absolute Gasteiger partial charge is 0.412 e. The lowest BCUT2D eigenvalue weighted by Gasteiger charge is -2.59. The number of allylic oxidation sites excluding steroid dienone is 1. The minimum absolute atomic E-state index is 0.00757. The van der Waals surface area contributed by atoms with Crippen LogP contribution in [-0.4, -0.2) is 90.0 Å². The van der Waals surface area contributed by atoms with E-state index in [1.54, 1.807) is 35.2 Å². The van der Waals surface area contributed by atoms with Crippen molar-refractivity contribution in [3.63, 3.8) is 0 Å². The van der Waals surface area contributed by atoms with Crippen LogP contribution < -0.4 is 14.8 Å². The molecule has 13 nitrogen and oxygen atoms in total. The first-order valence-corrected chi connectivity index (χ1v) is 23.4. The van der Waals surface area contributed by atoms with E-state index in [4.69, 9.17) is 45.3 Å². The Hall–Kier alpha value is -4.99. The Balaban J connectivity index is 1.41. The highest BCUT2D eigenvalue weighted by Gasteiger charge is 2.65. The van der Waals surface area contributed by atoms with Gasteiger partial charge in [0.2, 0.25) is 12.1 Å². The van der Waals surface area contributed by atoms with Crippen molar-refractivity contribution in [3.05, 3.63) is 120 Å². The first kappa shape index (κ1) is 48.0. The van der Waals surface area contributed by atoms with Crippen LogP contribution in [0.2, 0.25) is 0 Å². The fraction of sp³-hybridized carbons (Fsp3) is 0.500. The lowest BCUT2D eigenvalue weighted by molar-refractivity contribution is -0.256. The van der Waals surface area contributed by atoms with Gasteiger partial charge in [-0.15, -0.1) is 18.2 Å². The minimum atomic E-state index is -1.60. The maximum absolute atomic E-state index is 14.5. The average Bonchev–Trinajstić information content (AvgIpc) is 3.33. The summed E-state index contributed by atoms with van der Waals surface area (Å²) in [4.78, 5) is 35.6. The molecule has 0 aromatic heterocycles. The number of carbonyl (C=O) groups is 2. The number of ether oxygens (including phenoxy) is 5. The Morgan fingerprint density at radius 1 is 1.00 bits per heavy atom. The first-order valence-electron chi connectivity index (χ1n) is 22.9. The molecule has 2 aliphatic heterocycles. The number of alkyl halides is 1. The van der Waals surface area contributed by atoms with Gasteiger partial charge in [0.1, 0.15) is 30.0 Å². The minimum Gasteiger partial charge on any atom is -0.459 e. The molecule has 350 valence electrons. The Bertz CT molecular complexity index is 2100. The summed E-state index contributed by atoms with van der Waals surface area (Å²) in [5.41, 5.74) is 3.73. The lowest BCUT2D eigenvalue weighted by atomic mass is 9.55. The highest BCUT2D eigenvalue weighted by molar-refractivity contribution is 6.18. The summed E-state index contributed by atoms with van der Waals surface area (Å²) in [6.07, 6.45) is 8.74. The molecule has 0 bridgehead atoms. The number of carbonyl (C=O) groups excluding carboxylic acids is 2. The number of nitrogens with zero attached hydrogens (tertiary/aromatic N) is 2. The predicted molar refractivity (Wildman–Crippen MR) is 243 cm³/mol. The van der Waals surface area contributed by atoms with Crippen LogP contribution in [-0.2, 0) is 32.1 Å². The highest BCUT2D eigenvalue weighted by Crippen LogP contribution is 2.62. The van der Waals surface area contributed by atoms with Crippen molar-refractivity contribution in [2.45, 2.75) is 101 Å². The SMILES string of the molecule is C=CCOC12Oc3ccc(OC(=O)NCc4ccccc4)cc3C3C(CCCCO)C(CCCCO)C=C(C(=NOC4CCCCO4)CC1N(Cc1ccc(F)cc1)C(=O)OCCCl)C32. The van der Waals surface area contributed by atoms with Gasteiger partial charge in [-0.2, -0.15) is 0 Å². The van der Waals surface area contributed by atoms with Crippen molar-refractivity contribution in [1.82, 2.24) is 10.2 Å². The van der Waals surface area contributed by atoms with Gasteiger partial charge in [-0.05, 0) is 97.4 Å². The van der Waals surface area contributed by atoms with E-state index in [0.29, 0.717) is 61.5 Å². The monoisotopic (exact) mass is 917 g/mol. The fourth-order valence-electron chi connectivity index (χ4n) is 9.84. The van der Waals surface area contributed by atoms with Crippen LogP contribution >= 0.6 is 11.6 Å². The van der Waals surface area contributed by atoms with E-state index in [2.05, 4.69) is 18.0 Å². The predicted octanol–water partition coefficient (Wildman–Crippen LogP) is 9.15. The van der Waals surface area contributed by atoms with E-state index in [0.717, 1.165) is 42.4 Å². The Morgan fingerprint density at radius 3 is 2.51 bits per heavy atom. The quantitative estimate of drug-likeness (QED) is 0.0408. The molecule has 3 aromatic carbocycles. The van der Waals surface area contributed by atoms with Gasteiger partial charge in [0.05, 0.1) is 30.7 Å². The third kappa shape index (κ3) is 11.7. The van der Waals surface area contributed by atoms with Crippen LogP contribution in [0.25, 0.3) is 0 Å². The number of rotatable bonds is 21. The molecular weight excluding hydrogens is 857 g/mol. The largest absolute Gasteiger partial charge is 0.459 e. The van der Waals surface area contributed by atoms with Crippen molar-refractivity contribution < 1.29 is 52.7 Å². The molecular formula is C50H61ClFN3O10. The van der Waals surface area contributed by atoms with Gasteiger partial charge >= 0.3 is 12.2 Å². The van der Waals surface area contributed by atoms with Crippen molar-refractivity contribution in [1.29, 1.82) is 0 Å². The van der Waals surface area contributed by atoms with Crippen LogP contribution in [0.3, 0.4) is 0 Å². The summed E-state index contributed by atoms with van der Waals surface area (Å²) in [5, 5.41) is 27.6. The number of aliphatic hydroxyl groups is 2. The number of benzene rings is 3. The summed E-state index contributed by atoms with van der Waals surface area (Å²) < 4.78 is 46.3. The molecule has 2 amide bonds. The number of hydrogen-bond donors (Lipinski definition) is 3. The summed E-state index contributed by atoms with van der Waals surface area (Å²) in [5.74, 6) is -2.32. The van der Waals surface area contributed by atoms with Crippen molar-refractivity contribution in [3.8, 4) is 11.5 Å². The number of hydrogen-bond acceptors (Lipinski definition) is 11. The number of oxime groups is 1. The topological polar surface area (TPSA) is 158 Å². The summed E-state index contributed by atoms with van der Waals surface area (Å²) in [7, 11) is 0. The van der Waals surface area contributed by atoms with E-state index in [9.17, 15) is 24.2 Å². The molecule has 1 saturated carbocycles. The number of amides is 2. The molecule has 2 aliphatic carbocycles. The zero-order valence-corrected chi connectivity index (χ0v) is 37.5. The third-order valence-electron chi connectivity index (χ3n) is 12.7. The third-order valence-corrected chi connectivity index (χ3v) is 12.9. The number of unbranched alkanes of at least 4 members (excludes halogenated alkanes) is 2. The number of halogens is 2. The van der Waals surface area contributed by atoms with E-state index < -0.39 is 42.0 Å². The standard InChI is InChI=1S/C50H61ClFN3O10/c1-2-26-62-50-44(55(49(59)61-28-23-51)33-35-17-19-37(52)20-18-35)31-42(54-65-45-16-8-11-27-60-45)40-29-36(14-6-9-24-56)39(15-7-10-25-57)46(47(40)50)41-30-38(21-22-43(41)64-50)63-48(58)53-32-34-12-4-3-5-13-34/h2-5,12-13,17-22,29-30,36,39,44-47,56-57H,1,6-11,14-16,23-28,31-33H2,(H,53,58). The van der Waals surface area contributed by atoms with Crippen LogP contribution in [0.1, 0.15) is 86.8 Å². The molecule has 3 N–H and O–H groups in total. The normalized spacial score (nSPS) is 25.0. The van der Waals surface area contributed by atoms with E-state index in [1.807, 2.05) is 36.4 Å². The Labute approximate surface area is 385 Å². The van der Waals surface area contributed by atoms with E-state index in [1.165, 1.54) is 12.1 Å². The number of fused-ring (bicyclic) bond motifs is 2. The fourth-order valence-corrected chi connectivity index (χ4v) is 9.92. The van der Waals surface area contributed by atoms with E-state index in [-0.39, 0.29) is 69.6 Å². The van der Waals surface area contributed by atoms with Gasteiger partial charge in [-0.25, -0.2) is 14.0 Å². The summed E-state index contributed by atoms with van der Waals surface area (Å²) in [6, 6.07) is 19.8. The average molecular weight is 918 g/mol. The van der Waals surface area contributed by atoms with E-state index >= 15 is 0 Å². The van der Waals surface area contributed by atoms with Gasteiger partial charge in [-0.3, -0.25) is 4.90 Å². The summed E-state index contributed by atoms with van der Waals surface area (Å²) in [6.45, 7) is 4.87. The van der Waals surface area contributed by atoms with Crippen LogP contribution in [0, 0.1) is 23.6 Å². The van der Waals surface area contributed by atoms with Gasteiger partial charge in [0.15, 0.2) is 0 Å². The summed E-state index contributed by atoms with van der Waals surface area (Å²) >= 11 is 6.08. The highest BCUT2D eigenvalue weighted by atomic mass is 35.5. The molecule has 0 spiro atoms. The van der Waals surface area contributed by atoms with Crippen molar-refractivity contribution in [2.24, 2.45) is 22.9 Å². The molecule has 1 saturated heterocycles. The molecule has 3 aromatic rings. The molecule has 4 aliphatic rings. The van der Waals surface area contributed by atoms with Gasteiger partial charge < -0.3 is 44.1 Å². The lowest BCUT2D eigenvalue weighted by Crippen LogP contribution is -2.70. The number of aliphatic hydroxyl groups excluding tert-OH is 2. The molecule has 0 radical (unpaired) electrons. The molecule has 65 heavy (non-hydrogen) atoms. The zero-order chi connectivity index (χ0) is 45.6. The molecule has 15 heteroatoms.